The van der Waals surface area contributed by atoms with E-state index in [0.717, 1.165) is 10.8 Å². The summed E-state index contributed by atoms with van der Waals surface area (Å²) in [7, 11) is 0. The highest BCUT2D eigenvalue weighted by Gasteiger charge is 2.16. The first-order chi connectivity index (χ1) is 9.24. The highest BCUT2D eigenvalue weighted by Crippen LogP contribution is 2.25. The maximum absolute atomic E-state index is 10.9. The third-order valence-electron chi connectivity index (χ3n) is 2.66. The number of H-pyrrole nitrogens is 1. The summed E-state index contributed by atoms with van der Waals surface area (Å²) in [5, 5.41) is 20.3. The number of aromatic nitrogens is 3. The predicted octanol–water partition coefficient (Wildman–Crippen LogP) is 2.45. The first kappa shape index (κ1) is 11.2. The number of aromatic amines is 1. The molecule has 0 bridgehead atoms. The van der Waals surface area contributed by atoms with Gasteiger partial charge in [0.05, 0.1) is 0 Å². The zero-order chi connectivity index (χ0) is 13.2. The summed E-state index contributed by atoms with van der Waals surface area (Å²) >= 11 is 0. The number of hydrogen-bond donors (Lipinski definition) is 2. The van der Waals surface area contributed by atoms with Gasteiger partial charge in [-0.1, -0.05) is 35.5 Å². The van der Waals surface area contributed by atoms with Gasteiger partial charge in [0, 0.05) is 0 Å². The van der Waals surface area contributed by atoms with Crippen LogP contribution >= 0.6 is 0 Å². The van der Waals surface area contributed by atoms with E-state index in [1.165, 1.54) is 0 Å². The van der Waals surface area contributed by atoms with Crippen LogP contribution in [0.3, 0.4) is 0 Å². The van der Waals surface area contributed by atoms with Crippen molar-refractivity contribution in [2.24, 2.45) is 0 Å². The molecule has 1 aromatic heterocycles. The quantitative estimate of drug-likeness (QED) is 0.750. The maximum atomic E-state index is 10.9. The van der Waals surface area contributed by atoms with Crippen LogP contribution in [0, 0.1) is 0 Å². The zero-order valence-corrected chi connectivity index (χ0v) is 9.70. The van der Waals surface area contributed by atoms with E-state index in [9.17, 15) is 4.79 Å². The number of benzene rings is 2. The lowest BCUT2D eigenvalue weighted by atomic mass is 10.1. The third kappa shape index (κ3) is 2.11. The van der Waals surface area contributed by atoms with Crippen LogP contribution in [0.5, 0.6) is 11.6 Å². The number of carbonyl (C=O) groups is 1. The van der Waals surface area contributed by atoms with E-state index in [-0.39, 0.29) is 11.6 Å². The fourth-order valence-corrected chi connectivity index (χ4v) is 1.78. The Hall–Kier alpha value is -2.89. The molecule has 0 fully saturated rings. The number of rotatable bonds is 3. The molecule has 94 valence electrons. The number of nitrogens with zero attached hydrogens (tertiary/aromatic N) is 2. The molecule has 19 heavy (non-hydrogen) atoms. The summed E-state index contributed by atoms with van der Waals surface area (Å²) in [5.74, 6) is -0.653. The molecule has 6 heteroatoms. The molecule has 0 spiro atoms. The van der Waals surface area contributed by atoms with E-state index >= 15 is 0 Å². The van der Waals surface area contributed by atoms with Gasteiger partial charge in [0.15, 0.2) is 0 Å². The van der Waals surface area contributed by atoms with Crippen LogP contribution in [0.4, 0.5) is 0 Å². The summed E-state index contributed by atoms with van der Waals surface area (Å²) in [6.07, 6.45) is 0. The van der Waals surface area contributed by atoms with Gasteiger partial charge in [0.2, 0.25) is 5.69 Å². The van der Waals surface area contributed by atoms with Crippen molar-refractivity contribution >= 4 is 16.7 Å². The van der Waals surface area contributed by atoms with Crippen molar-refractivity contribution in [1.82, 2.24) is 15.4 Å². The molecule has 0 saturated heterocycles. The lowest BCUT2D eigenvalue weighted by molar-refractivity contribution is 0.0687. The zero-order valence-electron chi connectivity index (χ0n) is 9.70. The molecule has 0 atom stereocenters. The molecular weight excluding hydrogens is 246 g/mol. The van der Waals surface area contributed by atoms with Crippen LogP contribution < -0.4 is 4.74 Å². The lowest BCUT2D eigenvalue weighted by Gasteiger charge is -2.04. The summed E-state index contributed by atoms with van der Waals surface area (Å²) in [6.45, 7) is 0. The van der Waals surface area contributed by atoms with E-state index in [1.54, 1.807) is 6.07 Å². The van der Waals surface area contributed by atoms with Crippen LogP contribution in [0.25, 0.3) is 10.8 Å². The van der Waals surface area contributed by atoms with Crippen molar-refractivity contribution < 1.29 is 14.6 Å². The second kappa shape index (κ2) is 4.41. The Bertz CT molecular complexity index is 751. The van der Waals surface area contributed by atoms with Crippen molar-refractivity contribution in [2.75, 3.05) is 0 Å². The van der Waals surface area contributed by atoms with Crippen LogP contribution in [0.1, 0.15) is 10.5 Å². The number of hydrogen-bond acceptors (Lipinski definition) is 4. The number of nitrogens with one attached hydrogen (secondary N) is 1. The second-order valence-corrected chi connectivity index (χ2v) is 3.91. The molecule has 0 aliphatic heterocycles. The Balaban J connectivity index is 1.97. The van der Waals surface area contributed by atoms with Crippen LogP contribution in [-0.2, 0) is 0 Å². The summed E-state index contributed by atoms with van der Waals surface area (Å²) in [5.41, 5.74) is -0.242. The highest BCUT2D eigenvalue weighted by molar-refractivity contribution is 5.88. The molecule has 0 aliphatic carbocycles. The average molecular weight is 255 g/mol. The standard InChI is InChI=1S/C13H9N3O3/c17-13(18)11-12(15-16-14-11)19-10-6-5-8-3-1-2-4-9(8)7-10/h1-7H,(H,17,18)(H,14,15,16). The Morgan fingerprint density at radius 1 is 1.16 bits per heavy atom. The molecule has 0 saturated carbocycles. The van der Waals surface area contributed by atoms with Crippen molar-refractivity contribution in [3.8, 4) is 11.6 Å². The third-order valence-corrected chi connectivity index (χ3v) is 2.66. The van der Waals surface area contributed by atoms with Gasteiger partial charge >= 0.3 is 5.97 Å². The summed E-state index contributed by atoms with van der Waals surface area (Å²) in [6, 6.07) is 13.3. The number of carboxylic acid groups (broad SMARTS) is 1. The number of carboxylic acids is 1. The van der Waals surface area contributed by atoms with Crippen molar-refractivity contribution in [2.45, 2.75) is 0 Å². The smallest absolute Gasteiger partial charge is 0.362 e. The fraction of sp³-hybridized carbons (Fsp3) is 0. The van der Waals surface area contributed by atoms with Gasteiger partial charge in [-0.25, -0.2) is 9.89 Å². The Kier molecular flexibility index (Phi) is 2.60. The summed E-state index contributed by atoms with van der Waals surface area (Å²) < 4.78 is 5.46. The van der Waals surface area contributed by atoms with E-state index in [1.807, 2.05) is 36.4 Å². The molecule has 6 nitrogen and oxygen atoms in total. The van der Waals surface area contributed by atoms with Crippen molar-refractivity contribution in [3.63, 3.8) is 0 Å². The fourth-order valence-electron chi connectivity index (χ4n) is 1.78. The largest absolute Gasteiger partial charge is 0.476 e. The Labute approximate surface area is 107 Å². The minimum absolute atomic E-state index is 0.0165. The average Bonchev–Trinajstić information content (AvgIpc) is 2.87. The molecule has 0 aliphatic rings. The maximum Gasteiger partial charge on any atom is 0.362 e. The molecule has 2 N–H and O–H groups in total. The number of aromatic carboxylic acids is 1. The molecular formula is C13H9N3O3. The molecule has 3 aromatic rings. The van der Waals surface area contributed by atoms with Gasteiger partial charge in [0.25, 0.3) is 5.88 Å². The molecule has 0 amide bonds. The monoisotopic (exact) mass is 255 g/mol. The minimum atomic E-state index is -1.19. The van der Waals surface area contributed by atoms with Gasteiger partial charge in [-0.2, -0.15) is 0 Å². The predicted molar refractivity (Wildman–Crippen MR) is 67.4 cm³/mol. The van der Waals surface area contributed by atoms with Crippen LogP contribution in [-0.4, -0.2) is 26.5 Å². The molecule has 0 radical (unpaired) electrons. The minimum Gasteiger partial charge on any atom is -0.476 e. The first-order valence-corrected chi connectivity index (χ1v) is 5.55. The number of ether oxygens (including phenoxy) is 1. The van der Waals surface area contributed by atoms with Crippen LogP contribution in [0.2, 0.25) is 0 Å². The van der Waals surface area contributed by atoms with E-state index in [0.29, 0.717) is 5.75 Å². The topological polar surface area (TPSA) is 88.1 Å². The van der Waals surface area contributed by atoms with E-state index < -0.39 is 5.97 Å². The Morgan fingerprint density at radius 3 is 2.74 bits per heavy atom. The van der Waals surface area contributed by atoms with Crippen molar-refractivity contribution in [3.05, 3.63) is 48.2 Å². The van der Waals surface area contributed by atoms with E-state index in [4.69, 9.17) is 9.84 Å². The van der Waals surface area contributed by atoms with Crippen molar-refractivity contribution in [1.29, 1.82) is 0 Å². The SMILES string of the molecule is O=C(O)c1nn[nH]c1Oc1ccc2ccccc2c1. The van der Waals surface area contributed by atoms with E-state index in [2.05, 4.69) is 15.4 Å². The van der Waals surface area contributed by atoms with Gasteiger partial charge in [-0.15, -0.1) is 5.10 Å². The van der Waals surface area contributed by atoms with Gasteiger partial charge in [-0.05, 0) is 22.9 Å². The lowest BCUT2D eigenvalue weighted by Crippen LogP contribution is -1.99. The molecule has 1 heterocycles. The summed E-state index contributed by atoms with van der Waals surface area (Å²) in [4.78, 5) is 10.9. The highest BCUT2D eigenvalue weighted by atomic mass is 16.5. The first-order valence-electron chi connectivity index (χ1n) is 5.55. The second-order valence-electron chi connectivity index (χ2n) is 3.91. The van der Waals surface area contributed by atoms with Gasteiger partial charge in [0.1, 0.15) is 5.75 Å². The number of fused-ring (bicyclic) bond motifs is 1. The van der Waals surface area contributed by atoms with Gasteiger partial charge < -0.3 is 9.84 Å². The van der Waals surface area contributed by atoms with Crippen LogP contribution in [0.15, 0.2) is 42.5 Å². The van der Waals surface area contributed by atoms with Gasteiger partial charge in [-0.3, -0.25) is 0 Å². The molecule has 2 aromatic carbocycles. The Morgan fingerprint density at radius 2 is 1.95 bits per heavy atom. The normalized spacial score (nSPS) is 10.5. The molecule has 3 rings (SSSR count). The molecule has 0 unspecified atom stereocenters.